The van der Waals surface area contributed by atoms with Crippen LogP contribution in [0.4, 0.5) is 24.0 Å². The number of hydrogen-bond acceptors (Lipinski definition) is 5. The lowest BCUT2D eigenvalue weighted by Gasteiger charge is -2.08. The van der Waals surface area contributed by atoms with Gasteiger partial charge in [0.05, 0.1) is 16.8 Å². The summed E-state index contributed by atoms with van der Waals surface area (Å²) in [5.41, 5.74) is 0.153. The van der Waals surface area contributed by atoms with Gasteiger partial charge in [-0.25, -0.2) is 9.78 Å². The molecule has 0 saturated heterocycles. The Hall–Kier alpha value is -3.13. The van der Waals surface area contributed by atoms with Crippen LogP contribution in [-0.2, 0) is 6.18 Å². The Bertz CT molecular complexity index is 1180. The first-order valence-electron chi connectivity index (χ1n) is 7.83. The van der Waals surface area contributed by atoms with Gasteiger partial charge in [-0.3, -0.25) is 0 Å². The number of hydrogen-bond donors (Lipinski definition) is 1. The van der Waals surface area contributed by atoms with Crippen LogP contribution in [0.3, 0.4) is 0 Å². The SMILES string of the molecule is O=c1oc2ccccc2cc1-c1csc(Nc2cccc(C(F)(F)F)c2)n1. The number of halogens is 3. The molecule has 4 nitrogen and oxygen atoms in total. The smallest absolute Gasteiger partial charge is 0.416 e. The summed E-state index contributed by atoms with van der Waals surface area (Å²) in [5, 5.41) is 5.62. The standard InChI is InChI=1S/C19H11F3N2O2S/c20-19(21,22)12-5-3-6-13(9-12)23-18-24-15(10-27-18)14-8-11-4-1-2-7-16(11)26-17(14)25/h1-10H,(H,23,24). The maximum absolute atomic E-state index is 12.8. The van der Waals surface area contributed by atoms with Crippen molar-refractivity contribution in [3.8, 4) is 11.3 Å². The monoisotopic (exact) mass is 388 g/mol. The fourth-order valence-corrected chi connectivity index (χ4v) is 3.32. The van der Waals surface area contributed by atoms with E-state index in [9.17, 15) is 18.0 Å². The van der Waals surface area contributed by atoms with Crippen molar-refractivity contribution in [1.82, 2.24) is 4.98 Å². The maximum Gasteiger partial charge on any atom is 0.416 e. The molecule has 0 aliphatic heterocycles. The first-order valence-corrected chi connectivity index (χ1v) is 8.71. The molecule has 0 amide bonds. The summed E-state index contributed by atoms with van der Waals surface area (Å²) in [6.07, 6.45) is -4.42. The van der Waals surface area contributed by atoms with E-state index in [0.29, 0.717) is 22.0 Å². The van der Waals surface area contributed by atoms with Crippen LogP contribution in [0.25, 0.3) is 22.2 Å². The van der Waals surface area contributed by atoms with E-state index < -0.39 is 17.4 Å². The molecular weight excluding hydrogens is 377 g/mol. The summed E-state index contributed by atoms with van der Waals surface area (Å²) in [5.74, 6) is 0. The van der Waals surface area contributed by atoms with E-state index >= 15 is 0 Å². The van der Waals surface area contributed by atoms with Crippen LogP contribution in [0, 0.1) is 0 Å². The molecule has 0 fully saturated rings. The second kappa shape index (κ2) is 6.55. The number of para-hydroxylation sites is 1. The molecule has 2 aromatic carbocycles. The fourth-order valence-electron chi connectivity index (χ4n) is 2.59. The van der Waals surface area contributed by atoms with Crippen molar-refractivity contribution < 1.29 is 17.6 Å². The molecule has 2 heterocycles. The summed E-state index contributed by atoms with van der Waals surface area (Å²) in [6, 6.07) is 13.6. The molecule has 4 aromatic rings. The molecule has 0 spiro atoms. The maximum atomic E-state index is 12.8. The zero-order valence-electron chi connectivity index (χ0n) is 13.6. The van der Waals surface area contributed by atoms with Gasteiger partial charge < -0.3 is 9.73 Å². The van der Waals surface area contributed by atoms with Crippen LogP contribution >= 0.6 is 11.3 Å². The van der Waals surface area contributed by atoms with Gasteiger partial charge in [0.15, 0.2) is 5.13 Å². The van der Waals surface area contributed by atoms with Crippen molar-refractivity contribution in [2.24, 2.45) is 0 Å². The first-order chi connectivity index (χ1) is 12.9. The van der Waals surface area contributed by atoms with Gasteiger partial charge >= 0.3 is 11.8 Å². The molecule has 2 aromatic heterocycles. The predicted octanol–water partition coefficient (Wildman–Crippen LogP) is 5.68. The Morgan fingerprint density at radius 2 is 1.85 bits per heavy atom. The number of nitrogens with one attached hydrogen (secondary N) is 1. The minimum Gasteiger partial charge on any atom is -0.422 e. The Kier molecular flexibility index (Phi) is 4.19. The molecule has 0 aliphatic carbocycles. The zero-order valence-corrected chi connectivity index (χ0v) is 14.4. The third-order valence-corrected chi connectivity index (χ3v) is 4.62. The van der Waals surface area contributed by atoms with E-state index in [4.69, 9.17) is 4.42 Å². The van der Waals surface area contributed by atoms with Crippen LogP contribution < -0.4 is 10.9 Å². The van der Waals surface area contributed by atoms with Crippen LogP contribution in [0.1, 0.15) is 5.56 Å². The van der Waals surface area contributed by atoms with E-state index in [1.807, 2.05) is 12.1 Å². The molecule has 4 rings (SSSR count). The van der Waals surface area contributed by atoms with Crippen molar-refractivity contribution in [3.05, 3.63) is 76.0 Å². The summed E-state index contributed by atoms with van der Waals surface area (Å²) in [7, 11) is 0. The van der Waals surface area contributed by atoms with Crippen molar-refractivity contribution in [2.75, 3.05) is 5.32 Å². The van der Waals surface area contributed by atoms with Crippen LogP contribution in [0.15, 0.2) is 69.2 Å². The number of thiazole rings is 1. The van der Waals surface area contributed by atoms with E-state index in [0.717, 1.165) is 17.5 Å². The third kappa shape index (κ3) is 3.56. The van der Waals surface area contributed by atoms with Crippen molar-refractivity contribution in [1.29, 1.82) is 0 Å². The fraction of sp³-hybridized carbons (Fsp3) is 0.0526. The summed E-state index contributed by atoms with van der Waals surface area (Å²) < 4.78 is 43.7. The van der Waals surface area contributed by atoms with E-state index in [-0.39, 0.29) is 5.69 Å². The zero-order chi connectivity index (χ0) is 19.0. The van der Waals surface area contributed by atoms with Gasteiger partial charge in [-0.05, 0) is 30.3 Å². The highest BCUT2D eigenvalue weighted by atomic mass is 32.1. The largest absolute Gasteiger partial charge is 0.422 e. The summed E-state index contributed by atoms with van der Waals surface area (Å²) in [4.78, 5) is 16.5. The number of alkyl halides is 3. The quantitative estimate of drug-likeness (QED) is 0.459. The molecule has 0 saturated carbocycles. The van der Waals surface area contributed by atoms with Gasteiger partial charge in [0.25, 0.3) is 0 Å². The highest BCUT2D eigenvalue weighted by Crippen LogP contribution is 2.32. The number of benzene rings is 2. The van der Waals surface area contributed by atoms with Crippen LogP contribution in [0.2, 0.25) is 0 Å². The highest BCUT2D eigenvalue weighted by Gasteiger charge is 2.30. The highest BCUT2D eigenvalue weighted by molar-refractivity contribution is 7.14. The van der Waals surface area contributed by atoms with Gasteiger partial charge in [0, 0.05) is 16.5 Å². The van der Waals surface area contributed by atoms with Crippen LogP contribution in [-0.4, -0.2) is 4.98 Å². The number of anilines is 2. The predicted molar refractivity (Wildman–Crippen MR) is 98.3 cm³/mol. The Morgan fingerprint density at radius 3 is 2.67 bits per heavy atom. The molecular formula is C19H11F3N2O2S. The number of rotatable bonds is 3. The topological polar surface area (TPSA) is 55.1 Å². The van der Waals surface area contributed by atoms with Gasteiger partial charge in [0.2, 0.25) is 0 Å². The van der Waals surface area contributed by atoms with Gasteiger partial charge in [-0.1, -0.05) is 24.3 Å². The lowest BCUT2D eigenvalue weighted by Crippen LogP contribution is -2.05. The second-order valence-corrected chi connectivity index (χ2v) is 6.58. The average molecular weight is 388 g/mol. The number of aromatic nitrogens is 1. The normalized spacial score (nSPS) is 11.7. The lowest BCUT2D eigenvalue weighted by molar-refractivity contribution is -0.137. The summed E-state index contributed by atoms with van der Waals surface area (Å²) in [6.45, 7) is 0. The Balaban J connectivity index is 1.65. The molecule has 0 bridgehead atoms. The lowest BCUT2D eigenvalue weighted by atomic mass is 10.1. The first kappa shape index (κ1) is 17.3. The van der Waals surface area contributed by atoms with Crippen molar-refractivity contribution >= 4 is 33.1 Å². The average Bonchev–Trinajstić information content (AvgIpc) is 3.09. The van der Waals surface area contributed by atoms with Crippen molar-refractivity contribution in [2.45, 2.75) is 6.18 Å². The molecule has 0 radical (unpaired) electrons. The Labute approximate surface area is 154 Å². The molecule has 8 heteroatoms. The van der Waals surface area contributed by atoms with Crippen LogP contribution in [0.5, 0.6) is 0 Å². The van der Waals surface area contributed by atoms with E-state index in [1.165, 1.54) is 23.5 Å². The number of fused-ring (bicyclic) bond motifs is 1. The Morgan fingerprint density at radius 1 is 1.04 bits per heavy atom. The van der Waals surface area contributed by atoms with E-state index in [2.05, 4.69) is 10.3 Å². The minimum atomic E-state index is -4.42. The van der Waals surface area contributed by atoms with Gasteiger partial charge in [-0.15, -0.1) is 11.3 Å². The molecule has 1 N–H and O–H groups in total. The molecule has 0 aliphatic rings. The minimum absolute atomic E-state index is 0.260. The van der Waals surface area contributed by atoms with Gasteiger partial charge in [0.1, 0.15) is 5.58 Å². The number of nitrogens with zero attached hydrogens (tertiary/aromatic N) is 1. The third-order valence-electron chi connectivity index (χ3n) is 3.86. The molecule has 0 unspecified atom stereocenters. The van der Waals surface area contributed by atoms with Crippen molar-refractivity contribution in [3.63, 3.8) is 0 Å². The molecule has 27 heavy (non-hydrogen) atoms. The molecule has 0 atom stereocenters. The second-order valence-electron chi connectivity index (χ2n) is 5.73. The summed E-state index contributed by atoms with van der Waals surface area (Å²) >= 11 is 1.18. The molecule has 136 valence electrons. The van der Waals surface area contributed by atoms with Gasteiger partial charge in [-0.2, -0.15) is 13.2 Å². The van der Waals surface area contributed by atoms with E-state index in [1.54, 1.807) is 23.6 Å².